The Morgan fingerprint density at radius 1 is 1.40 bits per heavy atom. The van der Waals surface area contributed by atoms with Crippen molar-refractivity contribution in [3.05, 3.63) is 20.2 Å². The van der Waals surface area contributed by atoms with E-state index in [9.17, 15) is 4.79 Å². The molecule has 0 amide bonds. The lowest BCUT2D eigenvalue weighted by atomic mass is 9.93. The molecule has 2 atom stereocenters. The third-order valence-electron chi connectivity index (χ3n) is 4.24. The molecule has 0 aromatic carbocycles. The number of hydrogen-bond donors (Lipinski definition) is 0. The van der Waals surface area contributed by atoms with Crippen LogP contribution in [0.25, 0.3) is 0 Å². The van der Waals surface area contributed by atoms with E-state index in [1.165, 1.54) is 34.7 Å². The summed E-state index contributed by atoms with van der Waals surface area (Å²) in [5.41, 5.74) is 1.26. The van der Waals surface area contributed by atoms with Gasteiger partial charge in [-0.25, -0.2) is 0 Å². The zero-order valence-electron chi connectivity index (χ0n) is 12.1. The highest BCUT2D eigenvalue weighted by Crippen LogP contribution is 2.27. The minimum absolute atomic E-state index is 0.0612. The van der Waals surface area contributed by atoms with Gasteiger partial charge in [-0.3, -0.25) is 4.79 Å². The van der Waals surface area contributed by atoms with Crippen molar-refractivity contribution in [2.45, 2.75) is 58.3 Å². The summed E-state index contributed by atoms with van der Waals surface area (Å²) in [6, 6.07) is 0. The van der Waals surface area contributed by atoms with E-state index in [-0.39, 0.29) is 11.2 Å². The molecule has 0 saturated carbocycles. The van der Waals surface area contributed by atoms with E-state index in [4.69, 9.17) is 9.47 Å². The maximum Gasteiger partial charge on any atom is 0.307 e. The molecule has 1 fully saturated rings. The Morgan fingerprint density at radius 2 is 2.30 bits per heavy atom. The number of hydrogen-bond acceptors (Lipinski definition) is 4. The maximum absolute atomic E-state index is 12.1. The molecule has 112 valence electrons. The van der Waals surface area contributed by atoms with Gasteiger partial charge in [0.05, 0.1) is 13.2 Å². The van der Waals surface area contributed by atoms with Crippen LogP contribution in [0.4, 0.5) is 0 Å². The Bertz CT molecular complexity index is 502. The van der Waals surface area contributed by atoms with Crippen LogP contribution >= 0.6 is 11.3 Å². The molecule has 1 saturated heterocycles. The highest BCUT2D eigenvalue weighted by Gasteiger charge is 2.22. The molecule has 1 aromatic rings. The predicted octanol–water partition coefficient (Wildman–Crippen LogP) is 2.58. The first kappa shape index (κ1) is 14.3. The van der Waals surface area contributed by atoms with Crippen molar-refractivity contribution in [3.63, 3.8) is 0 Å². The van der Waals surface area contributed by atoms with Crippen LogP contribution < -0.4 is 4.87 Å². The van der Waals surface area contributed by atoms with Gasteiger partial charge in [-0.05, 0) is 44.4 Å². The molecule has 1 aliphatic carbocycles. The Balaban J connectivity index is 1.59. The molecule has 0 spiro atoms. The first-order valence-corrected chi connectivity index (χ1v) is 8.50. The van der Waals surface area contributed by atoms with Gasteiger partial charge in [-0.1, -0.05) is 18.3 Å². The Hall–Kier alpha value is -0.650. The summed E-state index contributed by atoms with van der Waals surface area (Å²) >= 11 is 1.43. The first-order chi connectivity index (χ1) is 9.74. The molecule has 20 heavy (non-hydrogen) atoms. The van der Waals surface area contributed by atoms with E-state index < -0.39 is 0 Å². The minimum Gasteiger partial charge on any atom is -0.353 e. The van der Waals surface area contributed by atoms with Gasteiger partial charge in [-0.15, -0.1) is 0 Å². The van der Waals surface area contributed by atoms with E-state index >= 15 is 0 Å². The molecule has 0 bridgehead atoms. The summed E-state index contributed by atoms with van der Waals surface area (Å²) in [7, 11) is 0. The third-order valence-corrected chi connectivity index (χ3v) is 5.29. The van der Waals surface area contributed by atoms with Crippen LogP contribution in [0.1, 0.15) is 43.2 Å². The van der Waals surface area contributed by atoms with Gasteiger partial charge in [-0.2, -0.15) is 0 Å². The van der Waals surface area contributed by atoms with E-state index in [0.717, 1.165) is 32.3 Å². The predicted molar refractivity (Wildman–Crippen MR) is 79.3 cm³/mol. The fourth-order valence-corrected chi connectivity index (χ4v) is 4.28. The van der Waals surface area contributed by atoms with Crippen molar-refractivity contribution >= 4 is 11.3 Å². The highest BCUT2D eigenvalue weighted by atomic mass is 32.1. The molecular formula is C15H23NO3S. The second-order valence-electron chi connectivity index (χ2n) is 5.90. The van der Waals surface area contributed by atoms with Crippen LogP contribution in [0.2, 0.25) is 0 Å². The summed E-state index contributed by atoms with van der Waals surface area (Å²) in [4.78, 5) is 13.6. The lowest BCUT2D eigenvalue weighted by molar-refractivity contribution is -0.163. The van der Waals surface area contributed by atoms with Crippen LogP contribution in [0.5, 0.6) is 0 Å². The molecule has 0 radical (unpaired) electrons. The Kier molecular flexibility index (Phi) is 4.58. The summed E-state index contributed by atoms with van der Waals surface area (Å²) in [5, 5.41) is 0. The number of nitrogens with zero attached hydrogens (tertiary/aromatic N) is 1. The van der Waals surface area contributed by atoms with Gasteiger partial charge in [0.2, 0.25) is 0 Å². The molecule has 1 aliphatic heterocycles. The minimum atomic E-state index is -0.0612. The van der Waals surface area contributed by atoms with Gasteiger partial charge < -0.3 is 14.0 Å². The van der Waals surface area contributed by atoms with Crippen molar-refractivity contribution in [3.8, 4) is 0 Å². The molecule has 2 heterocycles. The van der Waals surface area contributed by atoms with Gasteiger partial charge in [0.25, 0.3) is 0 Å². The monoisotopic (exact) mass is 297 g/mol. The maximum atomic E-state index is 12.1. The van der Waals surface area contributed by atoms with Crippen LogP contribution in [0, 0.1) is 5.92 Å². The van der Waals surface area contributed by atoms with E-state index in [2.05, 4.69) is 6.92 Å². The standard InChI is InChI=1S/C15H23NO3S/c1-11-5-6-12-13(10-11)20-15(17)16(12)7-9-19-14-4-2-3-8-18-14/h11,14H,2-10H2,1H3/t11-,14-/m0/s1. The number of aromatic nitrogens is 1. The van der Waals surface area contributed by atoms with Crippen molar-refractivity contribution in [1.29, 1.82) is 0 Å². The first-order valence-electron chi connectivity index (χ1n) is 7.68. The van der Waals surface area contributed by atoms with E-state index in [1.807, 2.05) is 4.57 Å². The molecule has 3 rings (SSSR count). The largest absolute Gasteiger partial charge is 0.353 e. The second kappa shape index (κ2) is 6.41. The average molecular weight is 297 g/mol. The summed E-state index contributed by atoms with van der Waals surface area (Å²) < 4.78 is 13.2. The molecular weight excluding hydrogens is 274 g/mol. The smallest absolute Gasteiger partial charge is 0.307 e. The van der Waals surface area contributed by atoms with Gasteiger partial charge >= 0.3 is 4.87 Å². The van der Waals surface area contributed by atoms with Crippen molar-refractivity contribution < 1.29 is 9.47 Å². The molecule has 2 aliphatic rings. The number of fused-ring (bicyclic) bond motifs is 1. The van der Waals surface area contributed by atoms with Crippen LogP contribution in [0.15, 0.2) is 4.79 Å². The second-order valence-corrected chi connectivity index (χ2v) is 6.95. The number of ether oxygens (including phenoxy) is 2. The lowest BCUT2D eigenvalue weighted by Crippen LogP contribution is -2.26. The zero-order valence-corrected chi connectivity index (χ0v) is 12.9. The van der Waals surface area contributed by atoms with Crippen LogP contribution in [-0.4, -0.2) is 24.1 Å². The molecule has 0 unspecified atom stereocenters. The SMILES string of the molecule is C[C@H]1CCc2c(sc(=O)n2CCO[C@H]2CCCCO2)C1. The fourth-order valence-electron chi connectivity index (χ4n) is 3.06. The Morgan fingerprint density at radius 3 is 3.10 bits per heavy atom. The average Bonchev–Trinajstić information content (AvgIpc) is 2.75. The topological polar surface area (TPSA) is 40.5 Å². The molecule has 1 aromatic heterocycles. The molecule has 0 N–H and O–H groups in total. The summed E-state index contributed by atoms with van der Waals surface area (Å²) in [5.74, 6) is 0.709. The van der Waals surface area contributed by atoms with E-state index in [0.29, 0.717) is 19.1 Å². The normalized spacial score (nSPS) is 26.4. The fraction of sp³-hybridized carbons (Fsp3) is 0.800. The quantitative estimate of drug-likeness (QED) is 0.857. The number of thiazole rings is 1. The van der Waals surface area contributed by atoms with Gasteiger partial charge in [0, 0.05) is 17.2 Å². The van der Waals surface area contributed by atoms with Crippen LogP contribution in [-0.2, 0) is 28.9 Å². The highest BCUT2D eigenvalue weighted by molar-refractivity contribution is 7.09. The van der Waals surface area contributed by atoms with Gasteiger partial charge in [0.15, 0.2) is 6.29 Å². The molecule has 4 nitrogen and oxygen atoms in total. The Labute approximate surface area is 123 Å². The summed E-state index contributed by atoms with van der Waals surface area (Å²) in [6.45, 7) is 4.31. The van der Waals surface area contributed by atoms with Crippen LogP contribution in [0.3, 0.4) is 0 Å². The zero-order chi connectivity index (χ0) is 13.9. The van der Waals surface area contributed by atoms with Crippen molar-refractivity contribution in [2.75, 3.05) is 13.2 Å². The summed E-state index contributed by atoms with van der Waals surface area (Å²) in [6.07, 6.45) is 6.52. The van der Waals surface area contributed by atoms with Gasteiger partial charge in [0.1, 0.15) is 0 Å². The third kappa shape index (κ3) is 3.15. The van der Waals surface area contributed by atoms with E-state index in [1.54, 1.807) is 0 Å². The van der Waals surface area contributed by atoms with Crippen molar-refractivity contribution in [2.24, 2.45) is 5.92 Å². The molecule has 5 heteroatoms. The lowest BCUT2D eigenvalue weighted by Gasteiger charge is -2.23. The number of rotatable bonds is 4. The van der Waals surface area contributed by atoms with Crippen molar-refractivity contribution in [1.82, 2.24) is 4.57 Å².